The number of hydrogen-bond acceptors (Lipinski definition) is 6. The van der Waals surface area contributed by atoms with Crippen molar-refractivity contribution in [2.24, 2.45) is 0 Å². The average Bonchev–Trinajstić information content (AvgIpc) is 3.25. The smallest absolute Gasteiger partial charge is 0.281 e. The molecule has 0 N–H and O–H groups in total. The second-order valence-electron chi connectivity index (χ2n) is 5.50. The molecule has 2 aromatic rings. The van der Waals surface area contributed by atoms with E-state index in [1.807, 2.05) is 0 Å². The standard InChI is InChI=1S/C14H18N4O4S2/c1-16(2)24(20,21)18-7-5-17(6-8-18)14(19)11-10-23-13(15-11)12-4-3-9-22-12/h3-4,9-10H,5-8H2,1-2H3. The highest BCUT2D eigenvalue weighted by atomic mass is 32.2. The Balaban J connectivity index is 1.66. The monoisotopic (exact) mass is 370 g/mol. The van der Waals surface area contributed by atoms with Crippen molar-refractivity contribution in [3.8, 4) is 10.8 Å². The molecule has 8 nitrogen and oxygen atoms in total. The van der Waals surface area contributed by atoms with Crippen molar-refractivity contribution < 1.29 is 17.6 Å². The molecule has 0 atom stereocenters. The fourth-order valence-electron chi connectivity index (χ4n) is 2.40. The topological polar surface area (TPSA) is 87.0 Å². The van der Waals surface area contributed by atoms with Gasteiger partial charge in [-0.1, -0.05) is 0 Å². The number of aromatic nitrogens is 1. The quantitative estimate of drug-likeness (QED) is 0.800. The summed E-state index contributed by atoms with van der Waals surface area (Å²) >= 11 is 1.34. The molecule has 3 heterocycles. The number of hydrogen-bond donors (Lipinski definition) is 0. The van der Waals surface area contributed by atoms with E-state index in [1.54, 1.807) is 28.7 Å². The molecule has 2 aromatic heterocycles. The van der Waals surface area contributed by atoms with E-state index in [0.717, 1.165) is 0 Å². The summed E-state index contributed by atoms with van der Waals surface area (Å²) in [5.74, 6) is 0.437. The normalized spacial score (nSPS) is 16.7. The maximum atomic E-state index is 12.5. The number of carbonyl (C=O) groups is 1. The van der Waals surface area contributed by atoms with Crippen LogP contribution in [0.2, 0.25) is 0 Å². The van der Waals surface area contributed by atoms with Gasteiger partial charge in [-0.2, -0.15) is 17.0 Å². The minimum atomic E-state index is -3.44. The van der Waals surface area contributed by atoms with Gasteiger partial charge in [-0.3, -0.25) is 4.79 Å². The summed E-state index contributed by atoms with van der Waals surface area (Å²) in [4.78, 5) is 18.5. The van der Waals surface area contributed by atoms with E-state index >= 15 is 0 Å². The summed E-state index contributed by atoms with van der Waals surface area (Å²) in [5, 5.41) is 2.35. The number of amides is 1. The highest BCUT2D eigenvalue weighted by Crippen LogP contribution is 2.24. The Morgan fingerprint density at radius 2 is 2.00 bits per heavy atom. The molecule has 1 fully saturated rings. The van der Waals surface area contributed by atoms with Crippen molar-refractivity contribution in [3.05, 3.63) is 29.5 Å². The van der Waals surface area contributed by atoms with Crippen molar-refractivity contribution >= 4 is 27.5 Å². The van der Waals surface area contributed by atoms with Crippen LogP contribution in [-0.4, -0.2) is 73.1 Å². The van der Waals surface area contributed by atoms with E-state index in [4.69, 9.17) is 4.42 Å². The first-order valence-corrected chi connectivity index (χ1v) is 9.63. The van der Waals surface area contributed by atoms with Crippen LogP contribution in [0.4, 0.5) is 0 Å². The van der Waals surface area contributed by atoms with Crippen LogP contribution in [0, 0.1) is 0 Å². The summed E-state index contributed by atoms with van der Waals surface area (Å²) in [6.45, 7) is 1.25. The molecule has 1 aliphatic heterocycles. The zero-order valence-electron chi connectivity index (χ0n) is 13.4. The van der Waals surface area contributed by atoms with Crippen LogP contribution in [0.5, 0.6) is 0 Å². The highest BCUT2D eigenvalue weighted by molar-refractivity contribution is 7.86. The van der Waals surface area contributed by atoms with Gasteiger partial charge in [0, 0.05) is 45.7 Å². The third-order valence-corrected chi connectivity index (χ3v) is 6.57. The molecule has 1 saturated heterocycles. The van der Waals surface area contributed by atoms with Crippen LogP contribution in [-0.2, 0) is 10.2 Å². The Morgan fingerprint density at radius 1 is 1.29 bits per heavy atom. The van der Waals surface area contributed by atoms with Crippen molar-refractivity contribution in [2.75, 3.05) is 40.3 Å². The lowest BCUT2D eigenvalue weighted by Crippen LogP contribution is -2.53. The molecule has 0 aliphatic carbocycles. The van der Waals surface area contributed by atoms with Gasteiger partial charge in [0.15, 0.2) is 10.8 Å². The van der Waals surface area contributed by atoms with Gasteiger partial charge >= 0.3 is 0 Å². The van der Waals surface area contributed by atoms with E-state index in [9.17, 15) is 13.2 Å². The number of furan rings is 1. The van der Waals surface area contributed by atoms with Crippen molar-refractivity contribution in [3.63, 3.8) is 0 Å². The second-order valence-corrected chi connectivity index (χ2v) is 8.50. The Labute approximate surface area is 144 Å². The molecule has 130 valence electrons. The fourth-order valence-corrected chi connectivity index (χ4v) is 4.25. The van der Waals surface area contributed by atoms with E-state index in [2.05, 4.69) is 4.98 Å². The fraction of sp³-hybridized carbons (Fsp3) is 0.429. The molecule has 0 saturated carbocycles. The van der Waals surface area contributed by atoms with Crippen LogP contribution in [0.3, 0.4) is 0 Å². The predicted octanol–water partition coefficient (Wildman–Crippen LogP) is 0.967. The zero-order chi connectivity index (χ0) is 17.3. The Bertz CT molecular complexity index is 806. The molecule has 1 amide bonds. The van der Waals surface area contributed by atoms with Crippen LogP contribution in [0.25, 0.3) is 10.8 Å². The first-order valence-electron chi connectivity index (χ1n) is 7.36. The Hall–Kier alpha value is -1.75. The van der Waals surface area contributed by atoms with Gasteiger partial charge < -0.3 is 9.32 Å². The number of rotatable bonds is 4. The van der Waals surface area contributed by atoms with Crippen molar-refractivity contribution in [1.82, 2.24) is 18.5 Å². The lowest BCUT2D eigenvalue weighted by Gasteiger charge is -2.34. The minimum Gasteiger partial charge on any atom is -0.462 e. The minimum absolute atomic E-state index is 0.189. The molecule has 24 heavy (non-hydrogen) atoms. The van der Waals surface area contributed by atoms with Gasteiger partial charge in [0.1, 0.15) is 5.69 Å². The van der Waals surface area contributed by atoms with Gasteiger partial charge in [0.05, 0.1) is 6.26 Å². The summed E-state index contributed by atoms with van der Waals surface area (Å²) in [6.07, 6.45) is 1.56. The van der Waals surface area contributed by atoms with Gasteiger partial charge in [-0.25, -0.2) is 4.98 Å². The first-order chi connectivity index (χ1) is 11.4. The maximum Gasteiger partial charge on any atom is 0.281 e. The van der Waals surface area contributed by atoms with E-state index < -0.39 is 10.2 Å². The largest absolute Gasteiger partial charge is 0.462 e. The average molecular weight is 370 g/mol. The van der Waals surface area contributed by atoms with E-state index in [0.29, 0.717) is 29.6 Å². The van der Waals surface area contributed by atoms with E-state index in [-0.39, 0.29) is 19.0 Å². The third-order valence-electron chi connectivity index (χ3n) is 3.77. The zero-order valence-corrected chi connectivity index (χ0v) is 15.0. The summed E-state index contributed by atoms with van der Waals surface area (Å²) < 4.78 is 32.0. The van der Waals surface area contributed by atoms with Crippen LogP contribution >= 0.6 is 11.3 Å². The number of nitrogens with zero attached hydrogens (tertiary/aromatic N) is 4. The van der Waals surface area contributed by atoms with Gasteiger partial charge in [-0.15, -0.1) is 11.3 Å². The third kappa shape index (κ3) is 3.22. The predicted molar refractivity (Wildman–Crippen MR) is 89.9 cm³/mol. The lowest BCUT2D eigenvalue weighted by molar-refractivity contribution is 0.0690. The van der Waals surface area contributed by atoms with Crippen molar-refractivity contribution in [1.29, 1.82) is 0 Å². The van der Waals surface area contributed by atoms with Gasteiger partial charge in [-0.05, 0) is 12.1 Å². The summed E-state index contributed by atoms with van der Waals surface area (Å²) in [5.41, 5.74) is 0.357. The summed E-state index contributed by atoms with van der Waals surface area (Å²) in [7, 11) is -0.440. The summed E-state index contributed by atoms with van der Waals surface area (Å²) in [6, 6.07) is 3.56. The molecule has 3 rings (SSSR count). The SMILES string of the molecule is CN(C)S(=O)(=O)N1CCN(C(=O)c2csc(-c3ccco3)n2)CC1. The van der Waals surface area contributed by atoms with Gasteiger partial charge in [0.25, 0.3) is 16.1 Å². The number of thiazole rings is 1. The molecule has 0 spiro atoms. The second kappa shape index (κ2) is 6.63. The van der Waals surface area contributed by atoms with Gasteiger partial charge in [0.2, 0.25) is 0 Å². The van der Waals surface area contributed by atoms with Crippen molar-refractivity contribution in [2.45, 2.75) is 0 Å². The molecular formula is C14H18N4O4S2. The molecule has 0 bridgehead atoms. The number of carbonyl (C=O) groups excluding carboxylic acids is 1. The van der Waals surface area contributed by atoms with Crippen LogP contribution in [0.1, 0.15) is 10.5 Å². The Kier molecular flexibility index (Phi) is 4.72. The highest BCUT2D eigenvalue weighted by Gasteiger charge is 2.31. The molecule has 1 aliphatic rings. The molecule has 10 heteroatoms. The molecule has 0 radical (unpaired) electrons. The van der Waals surface area contributed by atoms with E-state index in [1.165, 1.54) is 34.0 Å². The molecule has 0 unspecified atom stereocenters. The molecule has 0 aromatic carbocycles. The number of piperazine rings is 1. The molecular weight excluding hydrogens is 352 g/mol. The lowest BCUT2D eigenvalue weighted by atomic mass is 10.3. The van der Waals surface area contributed by atoms with Crippen LogP contribution < -0.4 is 0 Å². The first kappa shape index (κ1) is 17.1. The Morgan fingerprint density at radius 3 is 2.58 bits per heavy atom. The maximum absolute atomic E-state index is 12.5. The van der Waals surface area contributed by atoms with Crippen LogP contribution in [0.15, 0.2) is 28.2 Å².